The van der Waals surface area contributed by atoms with Gasteiger partial charge >= 0.3 is 0 Å². The predicted octanol–water partition coefficient (Wildman–Crippen LogP) is 4.51. The van der Waals surface area contributed by atoms with E-state index >= 15 is 0 Å². The molecule has 1 aromatic carbocycles. The van der Waals surface area contributed by atoms with E-state index < -0.39 is 5.91 Å². The third kappa shape index (κ3) is 4.64. The first-order valence-corrected chi connectivity index (χ1v) is 9.46. The Balaban J connectivity index is 1.71. The van der Waals surface area contributed by atoms with E-state index in [2.05, 4.69) is 9.98 Å². The van der Waals surface area contributed by atoms with E-state index in [0.717, 1.165) is 16.7 Å². The van der Waals surface area contributed by atoms with E-state index in [0.29, 0.717) is 17.0 Å². The number of benzene rings is 1. The van der Waals surface area contributed by atoms with Crippen LogP contribution in [0.1, 0.15) is 23.1 Å². The lowest BCUT2D eigenvalue weighted by atomic mass is 10.0. The van der Waals surface area contributed by atoms with Crippen LogP contribution in [0.4, 0.5) is 0 Å². The van der Waals surface area contributed by atoms with Gasteiger partial charge in [-0.15, -0.1) is 0 Å². The van der Waals surface area contributed by atoms with Crippen molar-refractivity contribution >= 4 is 35.4 Å². The standard InChI is InChI=1S/C25H18N2O3/c28-24-7-5-3-1-2-4-6-18-8-9-19-10-12-23(21(19)16-18)27-25(29)13-11-20-17-30-15-14-22(20)26-24/h1-6,8-17H,7H2/b2-1-,5-3-,6-4-,13-11-,26-22?,27-23?. The summed E-state index contributed by atoms with van der Waals surface area (Å²) < 4.78 is 5.17. The van der Waals surface area contributed by atoms with Crippen LogP contribution in [0.15, 0.2) is 101 Å². The highest BCUT2D eigenvalue weighted by atomic mass is 16.5. The van der Waals surface area contributed by atoms with Crippen LogP contribution in [0.5, 0.6) is 0 Å². The van der Waals surface area contributed by atoms with Gasteiger partial charge in [0.15, 0.2) is 0 Å². The number of carbonyl (C=O) groups is 2. The van der Waals surface area contributed by atoms with E-state index in [-0.39, 0.29) is 12.3 Å². The minimum Gasteiger partial charge on any atom is -0.472 e. The van der Waals surface area contributed by atoms with E-state index in [9.17, 15) is 9.59 Å². The first kappa shape index (κ1) is 19.2. The largest absolute Gasteiger partial charge is 0.472 e. The van der Waals surface area contributed by atoms with Gasteiger partial charge in [-0.1, -0.05) is 54.7 Å². The minimum atomic E-state index is -0.409. The Morgan fingerprint density at radius 1 is 0.800 bits per heavy atom. The zero-order chi connectivity index (χ0) is 20.8. The molecule has 0 unspecified atom stereocenters. The van der Waals surface area contributed by atoms with Gasteiger partial charge in [-0.25, -0.2) is 9.98 Å². The molecule has 0 radical (unpaired) electrons. The third-order valence-corrected chi connectivity index (χ3v) is 4.50. The SMILES string of the molecule is O=C1/C=C\C2=COC=CC2=NC(=O)C\C=C/C=C\C=C/c2ccc3c(c2)C(=N1)C=C3. The highest BCUT2D eigenvalue weighted by Gasteiger charge is 2.14. The van der Waals surface area contributed by atoms with Crippen molar-refractivity contribution in [3.63, 3.8) is 0 Å². The molecule has 0 fully saturated rings. The van der Waals surface area contributed by atoms with Gasteiger partial charge < -0.3 is 4.74 Å². The predicted molar refractivity (Wildman–Crippen MR) is 119 cm³/mol. The first-order valence-electron chi connectivity index (χ1n) is 9.46. The van der Waals surface area contributed by atoms with Gasteiger partial charge in [0.25, 0.3) is 5.91 Å². The van der Waals surface area contributed by atoms with Crippen LogP contribution in [0, 0.1) is 0 Å². The van der Waals surface area contributed by atoms with Crippen molar-refractivity contribution in [2.75, 3.05) is 0 Å². The number of ether oxygens (including phenoxy) is 1. The smallest absolute Gasteiger partial charge is 0.270 e. The average Bonchev–Trinajstić information content (AvgIpc) is 3.14. The van der Waals surface area contributed by atoms with Crippen molar-refractivity contribution in [2.45, 2.75) is 6.42 Å². The van der Waals surface area contributed by atoms with Crippen LogP contribution in [0.2, 0.25) is 0 Å². The molecule has 3 aliphatic rings. The quantitative estimate of drug-likeness (QED) is 0.650. The lowest BCUT2D eigenvalue weighted by Gasteiger charge is -2.07. The van der Waals surface area contributed by atoms with Crippen LogP contribution in [-0.4, -0.2) is 23.2 Å². The topological polar surface area (TPSA) is 68.1 Å². The molecule has 4 rings (SSSR count). The number of hydrogen-bond acceptors (Lipinski definition) is 3. The number of aliphatic imine (C=N–C) groups is 2. The lowest BCUT2D eigenvalue weighted by molar-refractivity contribution is -0.117. The second-order valence-corrected chi connectivity index (χ2v) is 6.63. The second-order valence-electron chi connectivity index (χ2n) is 6.63. The molecule has 0 spiro atoms. The van der Waals surface area contributed by atoms with Crippen LogP contribution < -0.4 is 0 Å². The van der Waals surface area contributed by atoms with Gasteiger partial charge in [-0.05, 0) is 35.4 Å². The maximum absolute atomic E-state index is 12.4. The molecule has 5 heteroatoms. The fraction of sp³-hybridized carbons (Fsp3) is 0.0400. The van der Waals surface area contributed by atoms with Crippen molar-refractivity contribution in [1.82, 2.24) is 0 Å². The number of fused-ring (bicyclic) bond motifs is 2. The average molecular weight is 394 g/mol. The van der Waals surface area contributed by atoms with Gasteiger partial charge in [0.1, 0.15) is 0 Å². The fourth-order valence-electron chi connectivity index (χ4n) is 3.04. The molecule has 0 saturated heterocycles. The normalized spacial score (nSPS) is 22.3. The molecule has 2 bridgehead atoms. The highest BCUT2D eigenvalue weighted by molar-refractivity contribution is 6.21. The Hall–Kier alpha value is -4.12. The van der Waals surface area contributed by atoms with Crippen molar-refractivity contribution in [1.29, 1.82) is 0 Å². The lowest BCUT2D eigenvalue weighted by Crippen LogP contribution is -2.06. The van der Waals surface area contributed by atoms with Gasteiger partial charge in [-0.3, -0.25) is 9.59 Å². The summed E-state index contributed by atoms with van der Waals surface area (Å²) in [6.45, 7) is 0. The zero-order valence-corrected chi connectivity index (χ0v) is 16.1. The van der Waals surface area contributed by atoms with Gasteiger partial charge in [0.2, 0.25) is 5.91 Å². The Bertz CT molecular complexity index is 1170. The summed E-state index contributed by atoms with van der Waals surface area (Å²) in [5.74, 6) is -0.700. The second kappa shape index (κ2) is 8.92. The summed E-state index contributed by atoms with van der Waals surface area (Å²) >= 11 is 0. The van der Waals surface area contributed by atoms with E-state index in [1.54, 1.807) is 18.2 Å². The van der Waals surface area contributed by atoms with Crippen LogP contribution >= 0.6 is 0 Å². The first-order chi connectivity index (χ1) is 14.7. The molecule has 30 heavy (non-hydrogen) atoms. The number of carbonyl (C=O) groups excluding carboxylic acids is 2. The molecule has 146 valence electrons. The van der Waals surface area contributed by atoms with Crippen LogP contribution in [0.3, 0.4) is 0 Å². The molecule has 2 amide bonds. The Morgan fingerprint density at radius 2 is 1.70 bits per heavy atom. The summed E-state index contributed by atoms with van der Waals surface area (Å²) in [6.07, 6.45) is 22.5. The molecule has 0 aromatic heterocycles. The van der Waals surface area contributed by atoms with Crippen molar-refractivity contribution < 1.29 is 14.3 Å². The van der Waals surface area contributed by atoms with Gasteiger partial charge in [-0.2, -0.15) is 0 Å². The van der Waals surface area contributed by atoms with Crippen molar-refractivity contribution in [2.24, 2.45) is 9.98 Å². The summed E-state index contributed by atoms with van der Waals surface area (Å²) in [7, 11) is 0. The van der Waals surface area contributed by atoms with E-state index in [4.69, 9.17) is 4.74 Å². The third-order valence-electron chi connectivity index (χ3n) is 4.50. The maximum Gasteiger partial charge on any atom is 0.270 e. The molecule has 1 aliphatic carbocycles. The monoisotopic (exact) mass is 394 g/mol. The Kier molecular flexibility index (Phi) is 5.71. The Labute approximate surface area is 174 Å². The fourth-order valence-corrected chi connectivity index (χ4v) is 3.04. The number of nitrogens with zero attached hydrogens (tertiary/aromatic N) is 2. The number of rotatable bonds is 0. The van der Waals surface area contributed by atoms with E-state index in [1.165, 1.54) is 18.6 Å². The minimum absolute atomic E-state index is 0.174. The summed E-state index contributed by atoms with van der Waals surface area (Å²) in [5.41, 5.74) is 4.51. The molecule has 0 N–H and O–H groups in total. The van der Waals surface area contributed by atoms with Gasteiger partial charge in [0.05, 0.1) is 23.9 Å². The molecule has 2 heterocycles. The maximum atomic E-state index is 12.4. The molecular formula is C25H18N2O3. The van der Waals surface area contributed by atoms with Gasteiger partial charge in [0, 0.05) is 23.6 Å². The van der Waals surface area contributed by atoms with Crippen LogP contribution in [0.25, 0.3) is 12.2 Å². The molecule has 2 aliphatic heterocycles. The molecule has 5 nitrogen and oxygen atoms in total. The number of allylic oxidation sites excluding steroid dienone is 8. The molecular weight excluding hydrogens is 376 g/mol. The number of hydrogen-bond donors (Lipinski definition) is 0. The molecule has 1 aromatic rings. The van der Waals surface area contributed by atoms with Crippen molar-refractivity contribution in [3.8, 4) is 0 Å². The Morgan fingerprint density at radius 3 is 2.63 bits per heavy atom. The number of amides is 2. The molecule has 0 atom stereocenters. The van der Waals surface area contributed by atoms with Crippen LogP contribution in [-0.2, 0) is 14.3 Å². The summed E-state index contributed by atoms with van der Waals surface area (Å²) in [4.78, 5) is 32.9. The van der Waals surface area contributed by atoms with Crippen molar-refractivity contribution in [3.05, 3.63) is 108 Å². The zero-order valence-electron chi connectivity index (χ0n) is 16.1. The summed E-state index contributed by atoms with van der Waals surface area (Å²) in [6, 6.07) is 6.02. The van der Waals surface area contributed by atoms with E-state index in [1.807, 2.05) is 60.7 Å². The molecule has 0 saturated carbocycles. The summed E-state index contributed by atoms with van der Waals surface area (Å²) in [5, 5.41) is 0. The highest BCUT2D eigenvalue weighted by Crippen LogP contribution is 2.22.